The Morgan fingerprint density at radius 2 is 1.92 bits per heavy atom. The summed E-state index contributed by atoms with van der Waals surface area (Å²) < 4.78 is 5.88. The molecule has 0 spiro atoms. The van der Waals surface area contributed by atoms with Crippen LogP contribution < -0.4 is 4.74 Å². The van der Waals surface area contributed by atoms with Crippen LogP contribution in [0.1, 0.15) is 39.0 Å². The third-order valence-corrected chi connectivity index (χ3v) is 5.11. The maximum absolute atomic E-state index is 12.9. The van der Waals surface area contributed by atoms with Gasteiger partial charge in [-0.25, -0.2) is 0 Å². The molecule has 2 aromatic rings. The lowest BCUT2D eigenvalue weighted by atomic mass is 9.83. The van der Waals surface area contributed by atoms with Crippen LogP contribution in [0.5, 0.6) is 11.5 Å². The Morgan fingerprint density at radius 3 is 2.62 bits per heavy atom. The summed E-state index contributed by atoms with van der Waals surface area (Å²) >= 11 is 3.48. The topological polar surface area (TPSA) is 46.5 Å². The number of phenols is 1. The van der Waals surface area contributed by atoms with E-state index in [9.17, 15) is 9.90 Å². The van der Waals surface area contributed by atoms with E-state index < -0.39 is 0 Å². The average Bonchev–Trinajstić information content (AvgIpc) is 2.53. The molecule has 3 nitrogen and oxygen atoms in total. The van der Waals surface area contributed by atoms with Gasteiger partial charge in [-0.2, -0.15) is 0 Å². The largest absolute Gasteiger partial charge is 0.504 e. The molecule has 0 radical (unpaired) electrons. The van der Waals surface area contributed by atoms with Crippen molar-refractivity contribution in [3.63, 3.8) is 0 Å². The van der Waals surface area contributed by atoms with Crippen molar-refractivity contribution >= 4 is 27.8 Å². The molecule has 0 unspecified atom stereocenters. The quantitative estimate of drug-likeness (QED) is 0.739. The van der Waals surface area contributed by atoms with E-state index in [-0.39, 0.29) is 11.5 Å². The van der Waals surface area contributed by atoms with Gasteiger partial charge in [0.05, 0.1) is 7.11 Å². The second-order valence-corrected chi connectivity index (χ2v) is 7.01. The molecule has 2 aromatic carbocycles. The first-order chi connectivity index (χ1) is 11.4. The van der Waals surface area contributed by atoms with Gasteiger partial charge < -0.3 is 9.84 Å². The monoisotopic (exact) mass is 386 g/mol. The van der Waals surface area contributed by atoms with Crippen LogP contribution >= 0.6 is 15.9 Å². The second kappa shape index (κ2) is 6.44. The molecule has 0 amide bonds. The van der Waals surface area contributed by atoms with Gasteiger partial charge in [-0.3, -0.25) is 4.79 Å². The summed E-state index contributed by atoms with van der Waals surface area (Å²) in [5.74, 6) is 0.531. The summed E-state index contributed by atoms with van der Waals surface area (Å²) in [6.07, 6.45) is 3.42. The highest BCUT2D eigenvalue weighted by molar-refractivity contribution is 9.10. The van der Waals surface area contributed by atoms with Gasteiger partial charge >= 0.3 is 0 Å². The van der Waals surface area contributed by atoms with E-state index in [0.29, 0.717) is 12.2 Å². The number of ether oxygens (including phenoxy) is 1. The standard InChI is InChI=1S/C20H19BrO3/c1-11-6-12(2)15-5-4-13(20(23)16(15)7-11)8-14-9-18(22)19(24-3)10-17(14)21/h6-10,22H,4-5H2,1-3H3/b13-8+. The molecule has 0 bridgehead atoms. The number of benzene rings is 2. The van der Waals surface area contributed by atoms with Crippen LogP contribution in [0.2, 0.25) is 0 Å². The molecular formula is C20H19BrO3. The summed E-state index contributed by atoms with van der Waals surface area (Å²) in [4.78, 5) is 12.9. The summed E-state index contributed by atoms with van der Waals surface area (Å²) in [7, 11) is 1.51. The van der Waals surface area contributed by atoms with E-state index >= 15 is 0 Å². The molecule has 0 aliphatic heterocycles. The summed E-state index contributed by atoms with van der Waals surface area (Å²) in [6, 6.07) is 7.41. The molecular weight excluding hydrogens is 368 g/mol. The van der Waals surface area contributed by atoms with Crippen molar-refractivity contribution in [2.75, 3.05) is 7.11 Å². The zero-order valence-electron chi connectivity index (χ0n) is 13.9. The van der Waals surface area contributed by atoms with Crippen LogP contribution in [-0.2, 0) is 6.42 Å². The van der Waals surface area contributed by atoms with E-state index in [1.54, 1.807) is 12.1 Å². The molecule has 0 atom stereocenters. The van der Waals surface area contributed by atoms with Crippen LogP contribution in [-0.4, -0.2) is 18.0 Å². The zero-order chi connectivity index (χ0) is 17.4. The highest BCUT2D eigenvalue weighted by Gasteiger charge is 2.23. The molecule has 1 aliphatic rings. The van der Waals surface area contributed by atoms with Gasteiger partial charge in [0.2, 0.25) is 0 Å². The molecule has 0 fully saturated rings. The van der Waals surface area contributed by atoms with Crippen molar-refractivity contribution in [3.05, 3.63) is 62.1 Å². The highest BCUT2D eigenvalue weighted by atomic mass is 79.9. The van der Waals surface area contributed by atoms with E-state index in [0.717, 1.165) is 38.7 Å². The SMILES string of the molecule is COc1cc(Br)c(/C=C2\CCc3c(C)cc(C)cc3C2=O)cc1O. The van der Waals surface area contributed by atoms with Gasteiger partial charge in [-0.05, 0) is 67.7 Å². The molecule has 0 aromatic heterocycles. The Morgan fingerprint density at radius 1 is 1.17 bits per heavy atom. The smallest absolute Gasteiger partial charge is 0.189 e. The lowest BCUT2D eigenvalue weighted by molar-refractivity contribution is 0.102. The van der Waals surface area contributed by atoms with Crippen molar-refractivity contribution in [1.82, 2.24) is 0 Å². The third-order valence-electron chi connectivity index (χ3n) is 4.43. The van der Waals surface area contributed by atoms with Crippen LogP contribution in [0.25, 0.3) is 6.08 Å². The Labute approximate surface area is 150 Å². The van der Waals surface area contributed by atoms with Crippen molar-refractivity contribution in [2.45, 2.75) is 26.7 Å². The number of phenolic OH excluding ortho intramolecular Hbond substituents is 1. The number of hydrogen-bond donors (Lipinski definition) is 1. The molecule has 124 valence electrons. The fourth-order valence-corrected chi connectivity index (χ4v) is 3.67. The Hall–Kier alpha value is -2.07. The lowest BCUT2D eigenvalue weighted by Crippen LogP contribution is -2.15. The molecule has 0 saturated heterocycles. The van der Waals surface area contributed by atoms with Crippen molar-refractivity contribution in [3.8, 4) is 11.5 Å². The summed E-state index contributed by atoms with van der Waals surface area (Å²) in [5.41, 5.74) is 5.77. The number of hydrogen-bond acceptors (Lipinski definition) is 3. The fourth-order valence-electron chi connectivity index (χ4n) is 3.24. The molecule has 3 rings (SSSR count). The Bertz CT molecular complexity index is 866. The number of aromatic hydroxyl groups is 1. The van der Waals surface area contributed by atoms with E-state index in [1.165, 1.54) is 12.7 Å². The fraction of sp³-hybridized carbons (Fsp3) is 0.250. The minimum absolute atomic E-state index is 0.0582. The van der Waals surface area contributed by atoms with E-state index in [1.807, 2.05) is 19.1 Å². The number of aryl methyl sites for hydroxylation is 2. The maximum Gasteiger partial charge on any atom is 0.189 e. The normalized spacial score (nSPS) is 15.5. The number of Topliss-reactive ketones (excluding diaryl/α,β-unsaturated/α-hetero) is 1. The molecule has 24 heavy (non-hydrogen) atoms. The molecule has 1 aliphatic carbocycles. The van der Waals surface area contributed by atoms with E-state index in [4.69, 9.17) is 4.74 Å². The maximum atomic E-state index is 12.9. The number of fused-ring (bicyclic) bond motifs is 1. The first kappa shape index (κ1) is 16.8. The number of halogens is 1. The van der Waals surface area contributed by atoms with Crippen molar-refractivity contribution in [2.24, 2.45) is 0 Å². The minimum atomic E-state index is 0.0582. The molecule has 1 N–H and O–H groups in total. The van der Waals surface area contributed by atoms with Gasteiger partial charge in [0, 0.05) is 15.6 Å². The zero-order valence-corrected chi connectivity index (χ0v) is 15.5. The number of ketones is 1. The van der Waals surface area contributed by atoms with Gasteiger partial charge in [-0.1, -0.05) is 27.6 Å². The Kier molecular flexibility index (Phi) is 4.50. The summed E-state index contributed by atoms with van der Waals surface area (Å²) in [5, 5.41) is 9.98. The van der Waals surface area contributed by atoms with Gasteiger partial charge in [-0.15, -0.1) is 0 Å². The van der Waals surface area contributed by atoms with Crippen LogP contribution in [0.3, 0.4) is 0 Å². The van der Waals surface area contributed by atoms with Crippen molar-refractivity contribution in [1.29, 1.82) is 0 Å². The van der Waals surface area contributed by atoms with E-state index in [2.05, 4.69) is 28.9 Å². The lowest BCUT2D eigenvalue weighted by Gasteiger charge is -2.20. The number of carbonyl (C=O) groups is 1. The minimum Gasteiger partial charge on any atom is -0.504 e. The first-order valence-corrected chi connectivity index (χ1v) is 8.62. The second-order valence-electron chi connectivity index (χ2n) is 6.15. The van der Waals surface area contributed by atoms with Gasteiger partial charge in [0.15, 0.2) is 17.3 Å². The predicted molar refractivity (Wildman–Crippen MR) is 98.9 cm³/mol. The first-order valence-electron chi connectivity index (χ1n) is 7.82. The van der Waals surface area contributed by atoms with Gasteiger partial charge in [0.25, 0.3) is 0 Å². The number of allylic oxidation sites excluding steroid dienone is 1. The van der Waals surface area contributed by atoms with Gasteiger partial charge in [0.1, 0.15) is 0 Å². The Balaban J connectivity index is 2.04. The molecule has 4 heteroatoms. The highest BCUT2D eigenvalue weighted by Crippen LogP contribution is 2.35. The van der Waals surface area contributed by atoms with Crippen molar-refractivity contribution < 1.29 is 14.6 Å². The third kappa shape index (κ3) is 2.98. The predicted octanol–water partition coefficient (Wildman–Crippen LogP) is 4.99. The number of rotatable bonds is 2. The van der Waals surface area contributed by atoms with Crippen LogP contribution in [0, 0.1) is 13.8 Å². The summed E-state index contributed by atoms with van der Waals surface area (Å²) in [6.45, 7) is 4.07. The number of carbonyl (C=O) groups excluding carboxylic acids is 1. The molecule has 0 saturated carbocycles. The molecule has 0 heterocycles. The number of methoxy groups -OCH3 is 1. The van der Waals surface area contributed by atoms with Crippen LogP contribution in [0.15, 0.2) is 34.3 Å². The average molecular weight is 387 g/mol. The van der Waals surface area contributed by atoms with Crippen LogP contribution in [0.4, 0.5) is 0 Å².